The lowest BCUT2D eigenvalue weighted by atomic mass is 9.84. The minimum Gasteiger partial charge on any atom is -0.465 e. The van der Waals surface area contributed by atoms with Crippen molar-refractivity contribution in [2.24, 2.45) is 0 Å². The Morgan fingerprint density at radius 1 is 1.18 bits per heavy atom. The number of carbonyl (C=O) groups excluding carboxylic acids is 1. The quantitative estimate of drug-likeness (QED) is 0.346. The van der Waals surface area contributed by atoms with Gasteiger partial charge in [-0.25, -0.2) is 4.79 Å². The minimum atomic E-state index is -0.337. The lowest BCUT2D eigenvalue weighted by Gasteiger charge is -2.19. The van der Waals surface area contributed by atoms with Crippen molar-refractivity contribution in [3.63, 3.8) is 0 Å². The number of carbonyl (C=O) groups is 1. The normalized spacial score (nSPS) is 11.4. The Hall–Kier alpha value is -1.79. The van der Waals surface area contributed by atoms with Crippen LogP contribution in [0.2, 0.25) is 0 Å². The van der Waals surface area contributed by atoms with E-state index in [4.69, 9.17) is 4.74 Å². The molecule has 120 valence electrons. The summed E-state index contributed by atoms with van der Waals surface area (Å²) in [5.41, 5.74) is 5.76. The van der Waals surface area contributed by atoms with Crippen LogP contribution in [-0.2, 0) is 9.53 Å². The van der Waals surface area contributed by atoms with Crippen molar-refractivity contribution in [1.29, 1.82) is 0 Å². The number of hydrogen-bond donors (Lipinski definition) is 0. The van der Waals surface area contributed by atoms with Crippen LogP contribution in [0.1, 0.15) is 63.9 Å². The molecule has 1 rings (SSSR count). The van der Waals surface area contributed by atoms with Crippen molar-refractivity contribution in [3.8, 4) is 0 Å². The SMILES string of the molecule is CCCCC(=C=CC(=O)OC)C(CCCC)c1ccccc1. The molecule has 1 atom stereocenters. The summed E-state index contributed by atoms with van der Waals surface area (Å²) in [6.07, 6.45) is 8.12. The maximum Gasteiger partial charge on any atom is 0.338 e. The van der Waals surface area contributed by atoms with E-state index < -0.39 is 0 Å². The largest absolute Gasteiger partial charge is 0.465 e. The molecule has 22 heavy (non-hydrogen) atoms. The van der Waals surface area contributed by atoms with Crippen LogP contribution >= 0.6 is 0 Å². The highest BCUT2D eigenvalue weighted by Crippen LogP contribution is 2.32. The molecule has 1 aromatic rings. The van der Waals surface area contributed by atoms with Crippen LogP contribution in [0.15, 0.2) is 47.7 Å². The lowest BCUT2D eigenvalue weighted by Crippen LogP contribution is -2.03. The van der Waals surface area contributed by atoms with Gasteiger partial charge in [-0.3, -0.25) is 0 Å². The summed E-state index contributed by atoms with van der Waals surface area (Å²) >= 11 is 0. The number of methoxy groups -OCH3 is 1. The number of rotatable bonds is 9. The summed E-state index contributed by atoms with van der Waals surface area (Å²) in [4.78, 5) is 11.4. The van der Waals surface area contributed by atoms with Gasteiger partial charge >= 0.3 is 5.97 Å². The molecular formula is C20H28O2. The maximum atomic E-state index is 11.4. The third-order valence-corrected chi connectivity index (χ3v) is 3.85. The van der Waals surface area contributed by atoms with E-state index in [1.165, 1.54) is 37.2 Å². The molecule has 0 aliphatic heterocycles. The Bertz CT molecular complexity index is 496. The summed E-state index contributed by atoms with van der Waals surface area (Å²) in [6.45, 7) is 4.40. The summed E-state index contributed by atoms with van der Waals surface area (Å²) < 4.78 is 4.70. The molecule has 0 saturated carbocycles. The van der Waals surface area contributed by atoms with E-state index in [-0.39, 0.29) is 5.97 Å². The van der Waals surface area contributed by atoms with Gasteiger partial charge < -0.3 is 4.74 Å². The second kappa shape index (κ2) is 10.9. The third kappa shape index (κ3) is 6.32. The zero-order valence-corrected chi connectivity index (χ0v) is 14.1. The molecule has 0 radical (unpaired) electrons. The van der Waals surface area contributed by atoms with Crippen LogP contribution < -0.4 is 0 Å². The first-order valence-electron chi connectivity index (χ1n) is 8.31. The summed E-state index contributed by atoms with van der Waals surface area (Å²) in [5, 5.41) is 0. The third-order valence-electron chi connectivity index (χ3n) is 3.85. The number of ether oxygens (including phenoxy) is 1. The smallest absolute Gasteiger partial charge is 0.338 e. The molecule has 0 spiro atoms. The van der Waals surface area contributed by atoms with Gasteiger partial charge in [0, 0.05) is 5.92 Å². The Kier molecular flexibility index (Phi) is 9.02. The van der Waals surface area contributed by atoms with Crippen molar-refractivity contribution >= 4 is 5.97 Å². The van der Waals surface area contributed by atoms with Crippen molar-refractivity contribution < 1.29 is 9.53 Å². The van der Waals surface area contributed by atoms with Crippen molar-refractivity contribution in [3.05, 3.63) is 53.3 Å². The van der Waals surface area contributed by atoms with Crippen molar-refractivity contribution in [1.82, 2.24) is 0 Å². The Morgan fingerprint density at radius 2 is 1.86 bits per heavy atom. The fraction of sp³-hybridized carbons (Fsp3) is 0.500. The van der Waals surface area contributed by atoms with Gasteiger partial charge in [0.1, 0.15) is 0 Å². The lowest BCUT2D eigenvalue weighted by molar-refractivity contribution is -0.134. The van der Waals surface area contributed by atoms with Gasteiger partial charge in [-0.1, -0.05) is 63.4 Å². The number of benzene rings is 1. The first-order chi connectivity index (χ1) is 10.7. The molecule has 0 heterocycles. The molecule has 0 saturated heterocycles. The van der Waals surface area contributed by atoms with E-state index in [1.54, 1.807) is 0 Å². The molecule has 0 amide bonds. The Morgan fingerprint density at radius 3 is 2.45 bits per heavy atom. The fourth-order valence-electron chi connectivity index (χ4n) is 2.56. The Balaban J connectivity index is 3.12. The standard InChI is InChI=1S/C20H28O2/c1-4-6-11-18(15-16-20(21)22-3)19(14-7-5-2)17-12-9-8-10-13-17/h8-10,12-13,16,19H,4-7,11,14H2,1-3H3. The topological polar surface area (TPSA) is 26.3 Å². The molecule has 2 heteroatoms. The van der Waals surface area contributed by atoms with Crippen LogP contribution in [0, 0.1) is 0 Å². The average Bonchev–Trinajstić information content (AvgIpc) is 2.57. The van der Waals surface area contributed by atoms with E-state index in [0.717, 1.165) is 25.7 Å². The first-order valence-corrected chi connectivity index (χ1v) is 8.31. The molecular weight excluding hydrogens is 272 g/mol. The first kappa shape index (κ1) is 18.3. The van der Waals surface area contributed by atoms with Crippen molar-refractivity contribution in [2.75, 3.05) is 7.11 Å². The predicted octanol–water partition coefficient (Wildman–Crippen LogP) is 5.41. The highest BCUT2D eigenvalue weighted by atomic mass is 16.5. The molecule has 0 aliphatic carbocycles. The second-order valence-electron chi connectivity index (χ2n) is 5.55. The summed E-state index contributed by atoms with van der Waals surface area (Å²) in [6, 6.07) is 10.5. The van der Waals surface area contributed by atoms with Gasteiger partial charge in [-0.2, -0.15) is 0 Å². The van der Waals surface area contributed by atoms with Crippen LogP contribution in [0.5, 0.6) is 0 Å². The van der Waals surface area contributed by atoms with Gasteiger partial charge in [0.2, 0.25) is 0 Å². The van der Waals surface area contributed by atoms with Crippen LogP contribution in [0.3, 0.4) is 0 Å². The number of hydrogen-bond acceptors (Lipinski definition) is 2. The summed E-state index contributed by atoms with van der Waals surface area (Å²) in [5.74, 6) is 0.00454. The van der Waals surface area contributed by atoms with Crippen LogP contribution in [0.25, 0.3) is 0 Å². The van der Waals surface area contributed by atoms with E-state index >= 15 is 0 Å². The average molecular weight is 300 g/mol. The molecule has 1 unspecified atom stereocenters. The van der Waals surface area contributed by atoms with Gasteiger partial charge in [-0.15, -0.1) is 5.73 Å². The molecule has 1 aromatic carbocycles. The Labute approximate surface area is 134 Å². The minimum absolute atomic E-state index is 0.337. The zero-order chi connectivity index (χ0) is 16.2. The molecule has 0 N–H and O–H groups in total. The molecule has 0 aliphatic rings. The monoisotopic (exact) mass is 300 g/mol. The van der Waals surface area contributed by atoms with Gasteiger partial charge in [0.05, 0.1) is 13.2 Å². The van der Waals surface area contributed by atoms with E-state index in [1.807, 2.05) is 6.07 Å². The predicted molar refractivity (Wildman–Crippen MR) is 91.8 cm³/mol. The van der Waals surface area contributed by atoms with E-state index in [9.17, 15) is 4.79 Å². The number of unbranched alkanes of at least 4 members (excludes halogenated alkanes) is 2. The summed E-state index contributed by atoms with van der Waals surface area (Å²) in [7, 11) is 1.40. The molecule has 0 aromatic heterocycles. The molecule has 0 bridgehead atoms. The van der Waals surface area contributed by atoms with Crippen molar-refractivity contribution in [2.45, 2.75) is 58.3 Å². The van der Waals surface area contributed by atoms with E-state index in [0.29, 0.717) is 5.92 Å². The molecule has 0 fully saturated rings. The fourth-order valence-corrected chi connectivity index (χ4v) is 2.56. The zero-order valence-electron chi connectivity index (χ0n) is 14.1. The number of esters is 1. The van der Waals surface area contributed by atoms with E-state index in [2.05, 4.69) is 43.8 Å². The second-order valence-corrected chi connectivity index (χ2v) is 5.55. The maximum absolute atomic E-state index is 11.4. The highest BCUT2D eigenvalue weighted by Gasteiger charge is 2.15. The van der Waals surface area contributed by atoms with Gasteiger partial charge in [0.25, 0.3) is 0 Å². The van der Waals surface area contributed by atoms with Crippen LogP contribution in [-0.4, -0.2) is 13.1 Å². The van der Waals surface area contributed by atoms with Gasteiger partial charge in [-0.05, 0) is 30.4 Å². The van der Waals surface area contributed by atoms with Crippen LogP contribution in [0.4, 0.5) is 0 Å². The molecule has 2 nitrogen and oxygen atoms in total. The van der Waals surface area contributed by atoms with Gasteiger partial charge in [0.15, 0.2) is 0 Å². The highest BCUT2D eigenvalue weighted by molar-refractivity contribution is 5.81.